The number of methoxy groups -OCH3 is 1. The molecule has 128 valence electrons. The number of amides is 1. The molecule has 2 N–H and O–H groups in total. The van der Waals surface area contributed by atoms with Gasteiger partial charge >= 0.3 is 0 Å². The predicted octanol–water partition coefficient (Wildman–Crippen LogP) is 1.92. The number of imidazole rings is 1. The number of aliphatic hydroxyl groups excluding tert-OH is 1. The Morgan fingerprint density at radius 1 is 1.46 bits per heavy atom. The summed E-state index contributed by atoms with van der Waals surface area (Å²) in [4.78, 5) is 16.5. The van der Waals surface area contributed by atoms with E-state index in [9.17, 15) is 14.3 Å². The molecule has 1 amide bonds. The zero-order valence-electron chi connectivity index (χ0n) is 13.4. The lowest BCUT2D eigenvalue weighted by Gasteiger charge is -2.35. The lowest BCUT2D eigenvalue weighted by atomic mass is 9.87. The Kier molecular flexibility index (Phi) is 4.80. The van der Waals surface area contributed by atoms with Gasteiger partial charge in [-0.3, -0.25) is 4.79 Å². The van der Waals surface area contributed by atoms with Crippen molar-refractivity contribution in [1.29, 1.82) is 0 Å². The maximum Gasteiger partial charge on any atom is 0.255 e. The molecule has 1 aliphatic rings. The highest BCUT2D eigenvalue weighted by Crippen LogP contribution is 2.29. The summed E-state index contributed by atoms with van der Waals surface area (Å²) in [5, 5.41) is 13.4. The normalized spacial score (nSPS) is 23.7. The second-order valence-electron chi connectivity index (χ2n) is 5.92. The van der Waals surface area contributed by atoms with Crippen LogP contribution in [0.2, 0.25) is 0 Å². The first kappa shape index (κ1) is 16.4. The second-order valence-corrected chi connectivity index (χ2v) is 5.92. The third-order valence-electron chi connectivity index (χ3n) is 4.45. The summed E-state index contributed by atoms with van der Waals surface area (Å²) in [5.74, 6) is -0.673. The van der Waals surface area contributed by atoms with Gasteiger partial charge in [-0.05, 0) is 37.5 Å². The third kappa shape index (κ3) is 3.26. The van der Waals surface area contributed by atoms with E-state index >= 15 is 0 Å². The molecule has 24 heavy (non-hydrogen) atoms. The van der Waals surface area contributed by atoms with Gasteiger partial charge in [0.25, 0.3) is 5.91 Å². The van der Waals surface area contributed by atoms with Crippen molar-refractivity contribution >= 4 is 5.91 Å². The molecular formula is C17H20FN3O3. The van der Waals surface area contributed by atoms with Gasteiger partial charge in [-0.15, -0.1) is 0 Å². The number of aromatic nitrogens is 2. The molecule has 2 aromatic rings. The van der Waals surface area contributed by atoms with Crippen LogP contribution in [0.1, 0.15) is 35.7 Å². The second kappa shape index (κ2) is 7.00. The molecule has 0 unspecified atom stereocenters. The molecule has 0 aliphatic heterocycles. The van der Waals surface area contributed by atoms with E-state index in [4.69, 9.17) is 4.74 Å². The summed E-state index contributed by atoms with van der Waals surface area (Å²) in [7, 11) is 1.43. The van der Waals surface area contributed by atoms with E-state index in [-0.39, 0.29) is 11.6 Å². The number of hydrogen-bond donors (Lipinski definition) is 2. The zero-order chi connectivity index (χ0) is 17.1. The van der Waals surface area contributed by atoms with Gasteiger partial charge in [-0.25, -0.2) is 9.37 Å². The number of nitrogens with one attached hydrogen (secondary N) is 1. The van der Waals surface area contributed by atoms with Crippen molar-refractivity contribution in [2.45, 2.75) is 37.5 Å². The number of halogens is 1. The molecule has 1 saturated carbocycles. The van der Waals surface area contributed by atoms with Gasteiger partial charge in [0.2, 0.25) is 0 Å². The van der Waals surface area contributed by atoms with E-state index in [1.807, 2.05) is 4.57 Å². The van der Waals surface area contributed by atoms with Crippen LogP contribution >= 0.6 is 0 Å². The van der Waals surface area contributed by atoms with E-state index in [0.29, 0.717) is 12.2 Å². The Labute approximate surface area is 139 Å². The molecule has 7 heteroatoms. The van der Waals surface area contributed by atoms with Crippen LogP contribution in [0, 0.1) is 5.82 Å². The lowest BCUT2D eigenvalue weighted by molar-refractivity contribution is 0.0398. The van der Waals surface area contributed by atoms with E-state index in [0.717, 1.165) is 18.9 Å². The standard InChI is InChI=1S/C17H20FN3O3/c1-24-15-6-5-11(18)9-12(15)17(23)20-13-3-2-4-14(16(13)22)21-8-7-19-10-21/h5-10,13-14,16,22H,2-4H2,1H3,(H,20,23)/t13-,14-,16-/m1/s1. The number of nitrogens with zero attached hydrogens (tertiary/aromatic N) is 2. The number of carbonyl (C=O) groups is 1. The van der Waals surface area contributed by atoms with E-state index < -0.39 is 23.9 Å². The van der Waals surface area contributed by atoms with Gasteiger partial charge in [0, 0.05) is 12.4 Å². The van der Waals surface area contributed by atoms with Crippen LogP contribution in [-0.4, -0.2) is 39.8 Å². The highest BCUT2D eigenvalue weighted by molar-refractivity contribution is 5.97. The first-order chi connectivity index (χ1) is 11.6. The number of benzene rings is 1. The predicted molar refractivity (Wildman–Crippen MR) is 85.3 cm³/mol. The monoisotopic (exact) mass is 333 g/mol. The summed E-state index contributed by atoms with van der Waals surface area (Å²) in [5.41, 5.74) is 0.120. The minimum atomic E-state index is -0.739. The Balaban J connectivity index is 1.75. The minimum Gasteiger partial charge on any atom is -0.496 e. The van der Waals surface area contributed by atoms with Crippen LogP contribution in [0.3, 0.4) is 0 Å². The van der Waals surface area contributed by atoms with Crippen molar-refractivity contribution < 1.29 is 19.0 Å². The van der Waals surface area contributed by atoms with Gasteiger partial charge in [0.05, 0.1) is 37.2 Å². The maximum atomic E-state index is 13.5. The quantitative estimate of drug-likeness (QED) is 0.896. The van der Waals surface area contributed by atoms with Crippen molar-refractivity contribution in [2.75, 3.05) is 7.11 Å². The summed E-state index contributed by atoms with van der Waals surface area (Å²) in [6, 6.07) is 3.24. The maximum absolute atomic E-state index is 13.5. The molecule has 3 atom stereocenters. The molecule has 1 aliphatic carbocycles. The highest BCUT2D eigenvalue weighted by atomic mass is 19.1. The fraction of sp³-hybridized carbons (Fsp3) is 0.412. The Bertz CT molecular complexity index is 705. The molecule has 1 aromatic carbocycles. The summed E-state index contributed by atoms with van der Waals surface area (Å²) >= 11 is 0. The smallest absolute Gasteiger partial charge is 0.255 e. The number of hydrogen-bond acceptors (Lipinski definition) is 4. The third-order valence-corrected chi connectivity index (χ3v) is 4.45. The first-order valence-corrected chi connectivity index (χ1v) is 7.90. The lowest BCUT2D eigenvalue weighted by Crippen LogP contribution is -2.49. The van der Waals surface area contributed by atoms with Crippen LogP contribution in [-0.2, 0) is 0 Å². The molecule has 0 spiro atoms. The molecule has 6 nitrogen and oxygen atoms in total. The summed E-state index contributed by atoms with van der Waals surface area (Å²) in [6.07, 6.45) is 6.72. The van der Waals surface area contributed by atoms with E-state index in [2.05, 4.69) is 10.3 Å². The van der Waals surface area contributed by atoms with Crippen molar-refractivity contribution in [2.24, 2.45) is 0 Å². The van der Waals surface area contributed by atoms with E-state index in [1.165, 1.54) is 19.2 Å². The number of aliphatic hydroxyl groups is 1. The molecule has 1 aromatic heterocycles. The van der Waals surface area contributed by atoms with Crippen LogP contribution in [0.15, 0.2) is 36.9 Å². The SMILES string of the molecule is COc1ccc(F)cc1C(=O)N[C@@H]1CCC[C@@H](n2ccnc2)[C@@H]1O. The van der Waals surface area contributed by atoms with Crippen LogP contribution in [0.5, 0.6) is 5.75 Å². The molecule has 0 bridgehead atoms. The van der Waals surface area contributed by atoms with Gasteiger partial charge in [-0.2, -0.15) is 0 Å². The minimum absolute atomic E-state index is 0.120. The van der Waals surface area contributed by atoms with Crippen molar-refractivity contribution in [3.63, 3.8) is 0 Å². The Hall–Kier alpha value is -2.41. The van der Waals surface area contributed by atoms with Crippen molar-refractivity contribution in [1.82, 2.24) is 14.9 Å². The number of carbonyl (C=O) groups excluding carboxylic acids is 1. The zero-order valence-corrected chi connectivity index (χ0v) is 13.4. The van der Waals surface area contributed by atoms with Gasteiger partial charge < -0.3 is 19.7 Å². The van der Waals surface area contributed by atoms with Crippen LogP contribution in [0.25, 0.3) is 0 Å². The van der Waals surface area contributed by atoms with Crippen LogP contribution < -0.4 is 10.1 Å². The van der Waals surface area contributed by atoms with Gasteiger partial charge in [-0.1, -0.05) is 0 Å². The molecule has 0 radical (unpaired) electrons. The fourth-order valence-corrected chi connectivity index (χ4v) is 3.21. The number of ether oxygens (including phenoxy) is 1. The van der Waals surface area contributed by atoms with E-state index in [1.54, 1.807) is 18.7 Å². The average Bonchev–Trinajstić information content (AvgIpc) is 3.11. The Morgan fingerprint density at radius 2 is 2.29 bits per heavy atom. The van der Waals surface area contributed by atoms with Crippen molar-refractivity contribution in [3.05, 3.63) is 48.3 Å². The first-order valence-electron chi connectivity index (χ1n) is 7.90. The van der Waals surface area contributed by atoms with Gasteiger partial charge in [0.1, 0.15) is 11.6 Å². The number of rotatable bonds is 4. The molecule has 3 rings (SSSR count). The van der Waals surface area contributed by atoms with Gasteiger partial charge in [0.15, 0.2) is 0 Å². The van der Waals surface area contributed by atoms with Crippen molar-refractivity contribution in [3.8, 4) is 5.75 Å². The summed E-state index contributed by atoms with van der Waals surface area (Å²) < 4.78 is 20.4. The average molecular weight is 333 g/mol. The van der Waals surface area contributed by atoms with Crippen LogP contribution in [0.4, 0.5) is 4.39 Å². The topological polar surface area (TPSA) is 76.4 Å². The highest BCUT2D eigenvalue weighted by Gasteiger charge is 2.34. The summed E-state index contributed by atoms with van der Waals surface area (Å²) in [6.45, 7) is 0. The molecular weight excluding hydrogens is 313 g/mol. The fourth-order valence-electron chi connectivity index (χ4n) is 3.21. The molecule has 1 heterocycles. The molecule has 0 saturated heterocycles. The Morgan fingerprint density at radius 3 is 3.00 bits per heavy atom. The molecule has 1 fully saturated rings. The largest absolute Gasteiger partial charge is 0.496 e.